The number of hydrogen-bond donors (Lipinski definition) is 2. The number of likely N-dealkylation sites (tertiary alicyclic amines) is 1. The van der Waals surface area contributed by atoms with Crippen LogP contribution in [0.15, 0.2) is 34.3 Å². The van der Waals surface area contributed by atoms with Gasteiger partial charge < -0.3 is 16.4 Å². The third kappa shape index (κ3) is 3.23. The molecule has 0 spiro atoms. The fraction of sp³-hybridized carbons (Fsp3) is 0.385. The van der Waals surface area contributed by atoms with E-state index in [1.165, 1.54) is 5.56 Å². The van der Waals surface area contributed by atoms with Crippen LogP contribution in [-0.4, -0.2) is 29.9 Å². The minimum absolute atomic E-state index is 0.197. The van der Waals surface area contributed by atoms with Gasteiger partial charge in [-0.3, -0.25) is 0 Å². The van der Waals surface area contributed by atoms with Gasteiger partial charge in [-0.05, 0) is 31.9 Å². The van der Waals surface area contributed by atoms with E-state index in [4.69, 9.17) is 11.5 Å². The first-order valence-corrected chi connectivity index (χ1v) is 6.15. The minimum atomic E-state index is 0.197. The molecule has 1 aromatic carbocycles. The molecule has 0 saturated carbocycles. The van der Waals surface area contributed by atoms with Crippen molar-refractivity contribution in [3.05, 3.63) is 29.8 Å². The zero-order chi connectivity index (χ0) is 13.0. The maximum atomic E-state index is 5.87. The lowest BCUT2D eigenvalue weighted by molar-refractivity contribution is 0.514. The smallest absolute Gasteiger partial charge is 0.223 e. The molecule has 1 fully saturated rings. The van der Waals surface area contributed by atoms with Crippen molar-refractivity contribution in [1.29, 1.82) is 0 Å². The molecule has 96 valence electrons. The van der Waals surface area contributed by atoms with E-state index in [1.807, 2.05) is 36.1 Å². The van der Waals surface area contributed by atoms with Crippen LogP contribution < -0.4 is 11.5 Å². The lowest BCUT2D eigenvalue weighted by Gasteiger charge is -2.15. The predicted molar refractivity (Wildman–Crippen MR) is 74.9 cm³/mol. The highest BCUT2D eigenvalue weighted by molar-refractivity contribution is 5.94. The van der Waals surface area contributed by atoms with E-state index >= 15 is 0 Å². The molecule has 0 bridgehead atoms. The SMILES string of the molecule is Cc1ccc(N=C(N)/N=C(\N)N2CCCC2)cc1. The normalized spacial score (nSPS) is 17.3. The van der Waals surface area contributed by atoms with E-state index in [0.29, 0.717) is 5.96 Å². The van der Waals surface area contributed by atoms with Crippen molar-refractivity contribution < 1.29 is 0 Å². The number of nitrogens with two attached hydrogens (primary N) is 2. The molecule has 18 heavy (non-hydrogen) atoms. The summed E-state index contributed by atoms with van der Waals surface area (Å²) in [6.07, 6.45) is 2.32. The van der Waals surface area contributed by atoms with Gasteiger partial charge >= 0.3 is 0 Å². The van der Waals surface area contributed by atoms with Crippen molar-refractivity contribution >= 4 is 17.6 Å². The molecular formula is C13H19N5. The van der Waals surface area contributed by atoms with Crippen LogP contribution in [0.1, 0.15) is 18.4 Å². The first kappa shape index (κ1) is 12.4. The van der Waals surface area contributed by atoms with Gasteiger partial charge in [0.2, 0.25) is 5.96 Å². The zero-order valence-electron chi connectivity index (χ0n) is 10.6. The third-order valence-electron chi connectivity index (χ3n) is 2.94. The first-order valence-electron chi connectivity index (χ1n) is 6.15. The van der Waals surface area contributed by atoms with Crippen LogP contribution in [0.4, 0.5) is 5.69 Å². The molecule has 0 amide bonds. The second-order valence-corrected chi connectivity index (χ2v) is 4.47. The summed E-state index contributed by atoms with van der Waals surface area (Å²) in [6, 6.07) is 7.78. The van der Waals surface area contributed by atoms with E-state index in [0.717, 1.165) is 31.6 Å². The molecule has 5 nitrogen and oxygen atoms in total. The van der Waals surface area contributed by atoms with Crippen LogP contribution in [0.2, 0.25) is 0 Å². The van der Waals surface area contributed by atoms with Crippen molar-refractivity contribution in [3.63, 3.8) is 0 Å². The van der Waals surface area contributed by atoms with Crippen molar-refractivity contribution in [2.75, 3.05) is 13.1 Å². The molecular weight excluding hydrogens is 226 g/mol. The third-order valence-corrected chi connectivity index (χ3v) is 2.94. The van der Waals surface area contributed by atoms with Gasteiger partial charge in [0.15, 0.2) is 5.96 Å². The molecule has 4 N–H and O–H groups in total. The number of aryl methyl sites for hydroxylation is 1. The summed E-state index contributed by atoms with van der Waals surface area (Å²) in [4.78, 5) is 10.4. The number of benzene rings is 1. The minimum Gasteiger partial charge on any atom is -0.369 e. The molecule has 1 heterocycles. The van der Waals surface area contributed by atoms with Crippen LogP contribution in [0.3, 0.4) is 0 Å². The van der Waals surface area contributed by atoms with Gasteiger partial charge in [-0.25, -0.2) is 4.99 Å². The Balaban J connectivity index is 2.08. The summed E-state index contributed by atoms with van der Waals surface area (Å²) in [7, 11) is 0. The summed E-state index contributed by atoms with van der Waals surface area (Å²) in [6.45, 7) is 3.93. The number of aliphatic imine (C=N–C) groups is 2. The van der Waals surface area contributed by atoms with E-state index in [1.54, 1.807) is 0 Å². The van der Waals surface area contributed by atoms with Crippen molar-refractivity contribution in [1.82, 2.24) is 4.90 Å². The molecule has 1 aliphatic rings. The maximum absolute atomic E-state index is 5.87. The fourth-order valence-electron chi connectivity index (χ4n) is 1.91. The van der Waals surface area contributed by atoms with E-state index in [9.17, 15) is 0 Å². The van der Waals surface area contributed by atoms with Crippen molar-refractivity contribution in [2.45, 2.75) is 19.8 Å². The fourth-order valence-corrected chi connectivity index (χ4v) is 1.91. The highest BCUT2D eigenvalue weighted by Gasteiger charge is 2.13. The Hall–Kier alpha value is -2.04. The molecule has 1 aliphatic heterocycles. The zero-order valence-corrected chi connectivity index (χ0v) is 10.6. The van der Waals surface area contributed by atoms with Gasteiger partial charge in [-0.15, -0.1) is 0 Å². The van der Waals surface area contributed by atoms with Gasteiger partial charge in [0.25, 0.3) is 0 Å². The summed E-state index contributed by atoms with van der Waals surface area (Å²) < 4.78 is 0. The molecule has 0 radical (unpaired) electrons. The Kier molecular flexibility index (Phi) is 3.82. The lowest BCUT2D eigenvalue weighted by atomic mass is 10.2. The largest absolute Gasteiger partial charge is 0.369 e. The van der Waals surface area contributed by atoms with Crippen LogP contribution in [0.25, 0.3) is 0 Å². The number of guanidine groups is 2. The molecule has 2 rings (SSSR count). The van der Waals surface area contributed by atoms with Crippen molar-refractivity contribution in [2.24, 2.45) is 21.5 Å². The Bertz CT molecular complexity index is 455. The second-order valence-electron chi connectivity index (χ2n) is 4.47. The number of hydrogen-bond acceptors (Lipinski definition) is 1. The van der Waals surface area contributed by atoms with Crippen LogP contribution in [-0.2, 0) is 0 Å². The first-order chi connectivity index (χ1) is 8.65. The van der Waals surface area contributed by atoms with Crippen LogP contribution in [0.5, 0.6) is 0 Å². The molecule has 0 aliphatic carbocycles. The molecule has 5 heteroatoms. The summed E-state index contributed by atoms with van der Waals surface area (Å²) in [5.41, 5.74) is 13.6. The van der Waals surface area contributed by atoms with E-state index in [-0.39, 0.29) is 5.96 Å². The summed E-state index contributed by atoms with van der Waals surface area (Å²) in [5.74, 6) is 0.657. The van der Waals surface area contributed by atoms with Gasteiger partial charge in [0.05, 0.1) is 5.69 Å². The topological polar surface area (TPSA) is 80.0 Å². The Morgan fingerprint density at radius 2 is 1.72 bits per heavy atom. The Labute approximate surface area is 107 Å². The second kappa shape index (κ2) is 5.53. The van der Waals surface area contributed by atoms with Crippen molar-refractivity contribution in [3.8, 4) is 0 Å². The Morgan fingerprint density at radius 1 is 1.11 bits per heavy atom. The average molecular weight is 245 g/mol. The molecule has 1 saturated heterocycles. The predicted octanol–water partition coefficient (Wildman–Crippen LogP) is 1.35. The molecule has 0 atom stereocenters. The van der Waals surface area contributed by atoms with Gasteiger partial charge in [-0.2, -0.15) is 4.99 Å². The van der Waals surface area contributed by atoms with Gasteiger partial charge in [-0.1, -0.05) is 17.7 Å². The van der Waals surface area contributed by atoms with E-state index in [2.05, 4.69) is 9.98 Å². The average Bonchev–Trinajstić information content (AvgIpc) is 2.85. The summed E-state index contributed by atoms with van der Waals surface area (Å²) in [5, 5.41) is 0. The Morgan fingerprint density at radius 3 is 2.33 bits per heavy atom. The quantitative estimate of drug-likeness (QED) is 0.579. The molecule has 0 aromatic heterocycles. The molecule has 1 aromatic rings. The van der Waals surface area contributed by atoms with Gasteiger partial charge in [0, 0.05) is 13.1 Å². The number of rotatable bonds is 1. The highest BCUT2D eigenvalue weighted by Crippen LogP contribution is 2.12. The standard InChI is InChI=1S/C13H19N5/c1-10-4-6-11(7-5-10)16-12(14)17-13(15)18-8-2-3-9-18/h4-7H,2-3,8-9H2,1H3,(H4,14,15,16,17). The van der Waals surface area contributed by atoms with Crippen LogP contribution >= 0.6 is 0 Å². The monoisotopic (exact) mass is 245 g/mol. The molecule has 0 unspecified atom stereocenters. The number of nitrogens with zero attached hydrogens (tertiary/aromatic N) is 3. The van der Waals surface area contributed by atoms with E-state index < -0.39 is 0 Å². The van der Waals surface area contributed by atoms with Crippen LogP contribution in [0, 0.1) is 6.92 Å². The highest BCUT2D eigenvalue weighted by atomic mass is 15.3. The van der Waals surface area contributed by atoms with Gasteiger partial charge in [0.1, 0.15) is 0 Å². The summed E-state index contributed by atoms with van der Waals surface area (Å²) >= 11 is 0. The maximum Gasteiger partial charge on any atom is 0.223 e. The lowest BCUT2D eigenvalue weighted by Crippen LogP contribution is -2.36.